The Hall–Kier alpha value is -3.72. The molecule has 0 bridgehead atoms. The van der Waals surface area contributed by atoms with Gasteiger partial charge in [-0.1, -0.05) is 256 Å². The third-order valence-corrected chi connectivity index (χ3v) is 21.1. The van der Waals surface area contributed by atoms with Crippen LogP contribution in [-0.4, -0.2) is 61.5 Å². The lowest BCUT2D eigenvalue weighted by Gasteiger charge is -2.58. The highest BCUT2D eigenvalue weighted by Gasteiger charge is 2.60. The predicted molar refractivity (Wildman–Crippen MR) is 395 cm³/mol. The van der Waals surface area contributed by atoms with Gasteiger partial charge in [-0.2, -0.15) is 0 Å². The molecule has 93 heavy (non-hydrogen) atoms. The van der Waals surface area contributed by atoms with Crippen LogP contribution in [0, 0.1) is 28.6 Å². The summed E-state index contributed by atoms with van der Waals surface area (Å²) < 4.78 is 30.3. The molecular formula is C84H148O9. The van der Waals surface area contributed by atoms with Crippen LogP contribution in [0.25, 0.3) is 0 Å². The van der Waals surface area contributed by atoms with Crippen molar-refractivity contribution in [3.8, 4) is 0 Å². The SMILES string of the molecule is CC.CCCCC/C=C\C/C=C\CCCCCCCC(=O)OC(COC(=O)CCCCCCC/C=C\CCCCCCCC)COC(=O)CCCCCCC/C=C\C(/C=C\CCCCC)OC1C=C2CC[C@@H]3C(CC[C@@]4(C)C3CC[C@@H]4OC(=O)CCCCC)[C@@]2(C)CC1.[HH].[HH]. The fraction of sp³-hybridized carbons (Fsp3) is 0.810. The Balaban J connectivity index is 0.0000112. The standard InChI is InChI=1S/C82H138O9.C2H6.2H2/c1-7-11-15-18-20-22-24-26-28-30-32-34-38-43-49-54-77(83)87-67-72(90-79(85)57-51-45-39-35-33-31-29-27-25-23-21-19-16-12-8-2)68-88-78(84)55-50-44-40-36-37-42-48-53-70(52-47-41-17-13-9-3)89-71-62-64-81(5)69(66-71)58-59-73-74-60-61-76(82(74,6)65-63-75(73)81)91-80(86)56-46-14-10-4;1-2;;/h21,23,26-29,47-48,52-53,66,70-76H,7-20,22,24-25,30-46,49-51,54-65,67-68H2,1-6H3;1-2H3;2*1H/b23-21-,28-26-,29-27-,52-47-,53-48-;;;/t70?,71?,72?,73-,74?,75?,76-,81-,82-;;;/m0.../s1. The Bertz CT molecular complexity index is 2110. The third-order valence-electron chi connectivity index (χ3n) is 21.1. The molecule has 4 rings (SSSR count). The third kappa shape index (κ3) is 36.4. The van der Waals surface area contributed by atoms with E-state index in [4.69, 9.17) is 23.7 Å². The highest BCUT2D eigenvalue weighted by molar-refractivity contribution is 5.71. The van der Waals surface area contributed by atoms with E-state index < -0.39 is 6.10 Å². The molecule has 0 radical (unpaired) electrons. The molecule has 4 aliphatic rings. The van der Waals surface area contributed by atoms with E-state index in [2.05, 4.69) is 108 Å². The summed E-state index contributed by atoms with van der Waals surface area (Å²) in [5.74, 6) is 1.13. The summed E-state index contributed by atoms with van der Waals surface area (Å²) in [6.07, 6.45) is 77.2. The molecule has 538 valence electrons. The minimum absolute atomic E-state index is 0. The molecule has 0 aromatic carbocycles. The molecular weight excluding hydrogens is 1150 g/mol. The van der Waals surface area contributed by atoms with Crippen LogP contribution in [0.4, 0.5) is 0 Å². The zero-order chi connectivity index (χ0) is 67.3. The quantitative estimate of drug-likeness (QED) is 0.0254. The lowest BCUT2D eigenvalue weighted by Crippen LogP contribution is -2.52. The first-order valence-electron chi connectivity index (χ1n) is 39.8. The van der Waals surface area contributed by atoms with Crippen molar-refractivity contribution >= 4 is 23.9 Å². The van der Waals surface area contributed by atoms with E-state index in [1.54, 1.807) is 5.57 Å². The van der Waals surface area contributed by atoms with Gasteiger partial charge in [0.25, 0.3) is 0 Å². The van der Waals surface area contributed by atoms with Gasteiger partial charge in [0.05, 0.1) is 12.2 Å². The van der Waals surface area contributed by atoms with Gasteiger partial charge in [0.15, 0.2) is 6.10 Å². The smallest absolute Gasteiger partial charge is 0.306 e. The van der Waals surface area contributed by atoms with Crippen LogP contribution in [0.5, 0.6) is 0 Å². The number of allylic oxidation sites excluding steroid dienone is 9. The van der Waals surface area contributed by atoms with Gasteiger partial charge in [0.1, 0.15) is 19.3 Å². The average Bonchev–Trinajstić information content (AvgIpc) is 1.70. The molecule has 5 unspecified atom stereocenters. The van der Waals surface area contributed by atoms with Gasteiger partial charge in [-0.05, 0) is 184 Å². The van der Waals surface area contributed by atoms with Crippen molar-refractivity contribution in [2.75, 3.05) is 13.2 Å². The summed E-state index contributed by atoms with van der Waals surface area (Å²) in [7, 11) is 0. The van der Waals surface area contributed by atoms with Gasteiger partial charge in [-0.15, -0.1) is 0 Å². The van der Waals surface area contributed by atoms with Crippen molar-refractivity contribution < 1.29 is 45.7 Å². The molecule has 0 aromatic heterocycles. The summed E-state index contributed by atoms with van der Waals surface area (Å²) in [6, 6.07) is 0. The predicted octanol–water partition coefficient (Wildman–Crippen LogP) is 25.0. The number of ether oxygens (including phenoxy) is 5. The van der Waals surface area contributed by atoms with Crippen molar-refractivity contribution in [3.63, 3.8) is 0 Å². The molecule has 4 aliphatic carbocycles. The number of hydrogen-bond acceptors (Lipinski definition) is 9. The minimum atomic E-state index is -0.821. The molecule has 0 amide bonds. The lowest BCUT2D eigenvalue weighted by molar-refractivity contribution is -0.167. The Morgan fingerprint density at radius 1 is 0.462 bits per heavy atom. The molecule has 0 N–H and O–H groups in total. The lowest BCUT2D eigenvalue weighted by atomic mass is 9.47. The molecule has 9 heteroatoms. The summed E-state index contributed by atoms with van der Waals surface area (Å²) in [6.45, 7) is 17.8. The van der Waals surface area contributed by atoms with Crippen molar-refractivity contribution in [2.45, 2.75) is 394 Å². The first kappa shape index (κ1) is 83.5. The molecule has 9 nitrogen and oxygen atoms in total. The average molecular weight is 1300 g/mol. The normalized spacial score (nSPS) is 22.6. The molecule has 0 saturated heterocycles. The van der Waals surface area contributed by atoms with Gasteiger partial charge in [-0.25, -0.2) is 0 Å². The van der Waals surface area contributed by atoms with Crippen molar-refractivity contribution in [3.05, 3.63) is 72.4 Å². The number of carbonyl (C=O) groups is 4. The molecule has 0 spiro atoms. The van der Waals surface area contributed by atoms with Crippen molar-refractivity contribution in [2.24, 2.45) is 28.6 Å². The second-order valence-electron chi connectivity index (χ2n) is 28.7. The van der Waals surface area contributed by atoms with Crippen molar-refractivity contribution in [1.82, 2.24) is 0 Å². The van der Waals surface area contributed by atoms with E-state index in [0.29, 0.717) is 43.4 Å². The van der Waals surface area contributed by atoms with E-state index in [1.807, 2.05) is 13.8 Å². The molecule has 0 aromatic rings. The number of esters is 4. The van der Waals surface area contributed by atoms with Crippen molar-refractivity contribution in [1.29, 1.82) is 0 Å². The number of unbranched alkanes of at least 4 members (excludes halogenated alkanes) is 29. The fourth-order valence-corrected chi connectivity index (χ4v) is 15.4. The maximum atomic E-state index is 13.1. The van der Waals surface area contributed by atoms with Crippen LogP contribution in [-0.2, 0) is 42.9 Å². The number of carbonyl (C=O) groups excluding carboxylic acids is 4. The molecule has 3 saturated carbocycles. The Kier molecular flexibility index (Phi) is 48.8. The van der Waals surface area contributed by atoms with Crippen LogP contribution in [0.3, 0.4) is 0 Å². The van der Waals surface area contributed by atoms with Gasteiger partial charge >= 0.3 is 23.9 Å². The summed E-state index contributed by atoms with van der Waals surface area (Å²) >= 11 is 0. The number of rotatable bonds is 55. The maximum Gasteiger partial charge on any atom is 0.306 e. The Morgan fingerprint density at radius 2 is 0.882 bits per heavy atom. The fourth-order valence-electron chi connectivity index (χ4n) is 15.4. The van der Waals surface area contributed by atoms with E-state index in [-0.39, 0.29) is 69.1 Å². The van der Waals surface area contributed by atoms with E-state index >= 15 is 0 Å². The zero-order valence-electron chi connectivity index (χ0n) is 61.6. The minimum Gasteiger partial charge on any atom is -0.462 e. The monoisotopic (exact) mass is 1300 g/mol. The van der Waals surface area contributed by atoms with Crippen LogP contribution in [0.1, 0.15) is 373 Å². The highest BCUT2D eigenvalue weighted by Crippen LogP contribution is 2.66. The zero-order valence-corrected chi connectivity index (χ0v) is 61.6. The Labute approximate surface area is 575 Å². The molecule has 0 aliphatic heterocycles. The van der Waals surface area contributed by atoms with Gasteiger partial charge in [-0.3, -0.25) is 19.2 Å². The van der Waals surface area contributed by atoms with Gasteiger partial charge < -0.3 is 23.7 Å². The first-order chi connectivity index (χ1) is 45.5. The van der Waals surface area contributed by atoms with E-state index in [9.17, 15) is 19.2 Å². The molecule has 3 fully saturated rings. The molecule has 9 atom stereocenters. The van der Waals surface area contributed by atoms with Crippen LogP contribution in [0.2, 0.25) is 0 Å². The topological polar surface area (TPSA) is 114 Å². The van der Waals surface area contributed by atoms with Gasteiger partial charge in [0, 0.05) is 34.0 Å². The maximum absolute atomic E-state index is 13.1. The first-order valence-corrected chi connectivity index (χ1v) is 39.8. The molecule has 0 heterocycles. The number of fused-ring (bicyclic) bond motifs is 5. The second-order valence-corrected chi connectivity index (χ2v) is 28.7. The highest BCUT2D eigenvalue weighted by atomic mass is 16.6. The van der Waals surface area contributed by atoms with E-state index in [1.165, 1.54) is 128 Å². The summed E-state index contributed by atoms with van der Waals surface area (Å²) in [5.41, 5.74) is 1.97. The van der Waals surface area contributed by atoms with Crippen LogP contribution >= 0.6 is 0 Å². The summed E-state index contributed by atoms with van der Waals surface area (Å²) in [5, 5.41) is 0. The number of hydrogen-bond donors (Lipinski definition) is 0. The van der Waals surface area contributed by atoms with E-state index in [0.717, 1.165) is 161 Å². The second kappa shape index (κ2) is 54.3. The Morgan fingerprint density at radius 3 is 1.41 bits per heavy atom. The largest absolute Gasteiger partial charge is 0.462 e. The summed E-state index contributed by atoms with van der Waals surface area (Å²) in [4.78, 5) is 51.8. The van der Waals surface area contributed by atoms with Crippen LogP contribution < -0.4 is 0 Å². The van der Waals surface area contributed by atoms with Crippen LogP contribution in [0.15, 0.2) is 72.4 Å². The van der Waals surface area contributed by atoms with Gasteiger partial charge in [0.2, 0.25) is 0 Å².